The van der Waals surface area contributed by atoms with Crippen molar-refractivity contribution in [1.82, 2.24) is 9.80 Å². The van der Waals surface area contributed by atoms with Crippen molar-refractivity contribution in [2.24, 2.45) is 11.0 Å². The number of carbonyl (C=O) groups excluding carboxylic acids is 3. The standard InChI is InChI=1S/C22H28N4O3/c27-20-10-9-19(23-26(20)18-7-3-1-4-8-18)22(29)25-15-11-17(12-16-25)21(28)24-13-5-2-6-14-24/h1,3-4,7-8,17H,2,5-6,9-16H2. The second-order valence-electron chi connectivity index (χ2n) is 8.04. The monoisotopic (exact) mass is 396 g/mol. The molecule has 0 radical (unpaired) electrons. The van der Waals surface area contributed by atoms with Crippen LogP contribution in [0.15, 0.2) is 35.4 Å². The van der Waals surface area contributed by atoms with Gasteiger partial charge in [0.2, 0.25) is 11.8 Å². The predicted octanol–water partition coefficient (Wildman–Crippen LogP) is 2.42. The molecule has 2 fully saturated rings. The molecule has 0 aliphatic carbocycles. The Labute approximate surface area is 171 Å². The Morgan fingerprint density at radius 2 is 1.55 bits per heavy atom. The Bertz CT molecular complexity index is 794. The number of hydrazone groups is 1. The first-order valence-corrected chi connectivity index (χ1v) is 10.7. The number of carbonyl (C=O) groups is 3. The van der Waals surface area contributed by atoms with Crippen molar-refractivity contribution in [3.8, 4) is 0 Å². The Morgan fingerprint density at radius 1 is 0.862 bits per heavy atom. The summed E-state index contributed by atoms with van der Waals surface area (Å²) in [7, 11) is 0. The molecule has 1 aromatic carbocycles. The van der Waals surface area contributed by atoms with Crippen LogP contribution in [0.2, 0.25) is 0 Å². The number of anilines is 1. The van der Waals surface area contributed by atoms with Gasteiger partial charge in [-0.15, -0.1) is 0 Å². The average Bonchev–Trinajstić information content (AvgIpc) is 2.80. The number of hydrogen-bond donors (Lipinski definition) is 0. The maximum atomic E-state index is 13.0. The fourth-order valence-corrected chi connectivity index (χ4v) is 4.36. The third kappa shape index (κ3) is 4.33. The van der Waals surface area contributed by atoms with Crippen LogP contribution in [0.25, 0.3) is 0 Å². The molecular weight excluding hydrogens is 368 g/mol. The summed E-state index contributed by atoms with van der Waals surface area (Å²) in [5.41, 5.74) is 1.10. The number of likely N-dealkylation sites (tertiary alicyclic amines) is 2. The molecule has 0 bridgehead atoms. The fourth-order valence-electron chi connectivity index (χ4n) is 4.36. The van der Waals surface area contributed by atoms with Gasteiger partial charge in [-0.3, -0.25) is 14.4 Å². The molecule has 1 aromatic rings. The predicted molar refractivity (Wildman–Crippen MR) is 110 cm³/mol. The third-order valence-electron chi connectivity index (χ3n) is 6.08. The van der Waals surface area contributed by atoms with Gasteiger partial charge in [0.15, 0.2) is 0 Å². The highest BCUT2D eigenvalue weighted by molar-refractivity contribution is 6.40. The first kappa shape index (κ1) is 19.6. The minimum atomic E-state index is -0.109. The highest BCUT2D eigenvalue weighted by Crippen LogP contribution is 2.24. The zero-order valence-corrected chi connectivity index (χ0v) is 16.8. The van der Waals surface area contributed by atoms with E-state index in [4.69, 9.17) is 0 Å². The van der Waals surface area contributed by atoms with E-state index >= 15 is 0 Å². The number of benzene rings is 1. The summed E-state index contributed by atoms with van der Waals surface area (Å²) in [5, 5.41) is 5.71. The lowest BCUT2D eigenvalue weighted by atomic mass is 9.94. The molecule has 0 saturated carbocycles. The Hall–Kier alpha value is -2.70. The van der Waals surface area contributed by atoms with E-state index in [0.717, 1.165) is 25.9 Å². The molecule has 7 heteroatoms. The number of nitrogens with zero attached hydrogens (tertiary/aromatic N) is 4. The van der Waals surface area contributed by atoms with E-state index < -0.39 is 0 Å². The largest absolute Gasteiger partial charge is 0.342 e. The number of hydrogen-bond acceptors (Lipinski definition) is 4. The summed E-state index contributed by atoms with van der Waals surface area (Å²) < 4.78 is 0. The third-order valence-corrected chi connectivity index (χ3v) is 6.08. The highest BCUT2D eigenvalue weighted by Gasteiger charge is 2.33. The minimum Gasteiger partial charge on any atom is -0.342 e. The molecule has 0 unspecified atom stereocenters. The molecule has 3 amide bonds. The summed E-state index contributed by atoms with van der Waals surface area (Å²) in [4.78, 5) is 41.7. The summed E-state index contributed by atoms with van der Waals surface area (Å²) in [6.45, 7) is 2.89. The van der Waals surface area contributed by atoms with Gasteiger partial charge in [0, 0.05) is 44.9 Å². The zero-order valence-electron chi connectivity index (χ0n) is 16.8. The summed E-state index contributed by atoms with van der Waals surface area (Å²) in [6, 6.07) is 9.19. The molecule has 3 aliphatic heterocycles. The van der Waals surface area contributed by atoms with Gasteiger partial charge < -0.3 is 9.80 Å². The van der Waals surface area contributed by atoms with Crippen LogP contribution in [0, 0.1) is 5.92 Å². The van der Waals surface area contributed by atoms with Crippen LogP contribution in [0.1, 0.15) is 44.9 Å². The molecule has 0 spiro atoms. The Kier molecular flexibility index (Phi) is 5.92. The van der Waals surface area contributed by atoms with Crippen LogP contribution in [-0.2, 0) is 14.4 Å². The lowest BCUT2D eigenvalue weighted by molar-refractivity contribution is -0.139. The molecule has 4 rings (SSSR count). The van der Waals surface area contributed by atoms with Gasteiger partial charge in [-0.05, 0) is 44.2 Å². The smallest absolute Gasteiger partial charge is 0.270 e. The lowest BCUT2D eigenvalue weighted by Crippen LogP contribution is -2.48. The van der Waals surface area contributed by atoms with Crippen LogP contribution >= 0.6 is 0 Å². The highest BCUT2D eigenvalue weighted by atomic mass is 16.2. The van der Waals surface area contributed by atoms with Gasteiger partial charge in [-0.25, -0.2) is 5.01 Å². The van der Waals surface area contributed by atoms with Crippen LogP contribution in [-0.4, -0.2) is 59.4 Å². The van der Waals surface area contributed by atoms with Crippen molar-refractivity contribution in [2.75, 3.05) is 31.2 Å². The van der Waals surface area contributed by atoms with Crippen LogP contribution < -0.4 is 5.01 Å². The summed E-state index contributed by atoms with van der Waals surface area (Å²) in [6.07, 6.45) is 5.46. The molecule has 0 atom stereocenters. The molecule has 0 aromatic heterocycles. The SMILES string of the molecule is O=C(C1=NN(c2ccccc2)C(=O)CC1)N1CCC(C(=O)N2CCCCC2)CC1. The fraction of sp³-hybridized carbons (Fsp3) is 0.545. The molecule has 3 heterocycles. The van der Waals surface area contributed by atoms with Gasteiger partial charge in [-0.2, -0.15) is 5.10 Å². The van der Waals surface area contributed by atoms with Gasteiger partial charge in [0.25, 0.3) is 5.91 Å². The molecule has 2 saturated heterocycles. The number of amides is 3. The van der Waals surface area contributed by atoms with Gasteiger partial charge in [0.05, 0.1) is 5.69 Å². The molecule has 7 nitrogen and oxygen atoms in total. The quantitative estimate of drug-likeness (QED) is 0.788. The average molecular weight is 396 g/mol. The first-order valence-electron chi connectivity index (χ1n) is 10.7. The maximum absolute atomic E-state index is 13.0. The maximum Gasteiger partial charge on any atom is 0.270 e. The van der Waals surface area contributed by atoms with E-state index in [0.29, 0.717) is 43.8 Å². The van der Waals surface area contributed by atoms with Crippen LogP contribution in [0.3, 0.4) is 0 Å². The normalized spacial score (nSPS) is 21.2. The second kappa shape index (κ2) is 8.76. The molecule has 29 heavy (non-hydrogen) atoms. The number of rotatable bonds is 3. The molecule has 0 N–H and O–H groups in total. The minimum absolute atomic E-state index is 0.0211. The van der Waals surface area contributed by atoms with Gasteiger partial charge >= 0.3 is 0 Å². The summed E-state index contributed by atoms with van der Waals surface area (Å²) in [5.74, 6) is 0.0707. The van der Waals surface area contributed by atoms with E-state index in [1.807, 2.05) is 35.2 Å². The summed E-state index contributed by atoms with van der Waals surface area (Å²) >= 11 is 0. The van der Waals surface area contributed by atoms with Crippen molar-refractivity contribution in [2.45, 2.75) is 44.9 Å². The van der Waals surface area contributed by atoms with Crippen LogP contribution in [0.5, 0.6) is 0 Å². The van der Waals surface area contributed by atoms with Gasteiger partial charge in [-0.1, -0.05) is 18.2 Å². The van der Waals surface area contributed by atoms with Crippen molar-refractivity contribution < 1.29 is 14.4 Å². The zero-order chi connectivity index (χ0) is 20.2. The van der Waals surface area contributed by atoms with E-state index in [9.17, 15) is 14.4 Å². The number of para-hydroxylation sites is 1. The van der Waals surface area contributed by atoms with Gasteiger partial charge in [0.1, 0.15) is 5.71 Å². The topological polar surface area (TPSA) is 73.3 Å². The van der Waals surface area contributed by atoms with E-state index in [1.54, 1.807) is 4.90 Å². The van der Waals surface area contributed by atoms with Crippen molar-refractivity contribution in [1.29, 1.82) is 0 Å². The molecular formula is C22H28N4O3. The lowest BCUT2D eigenvalue weighted by Gasteiger charge is -2.36. The number of piperidine rings is 2. The van der Waals surface area contributed by atoms with Crippen molar-refractivity contribution in [3.63, 3.8) is 0 Å². The molecule has 3 aliphatic rings. The van der Waals surface area contributed by atoms with E-state index in [1.165, 1.54) is 11.4 Å². The van der Waals surface area contributed by atoms with E-state index in [-0.39, 0.29) is 30.1 Å². The Balaban J connectivity index is 1.38. The first-order chi connectivity index (χ1) is 14.1. The second-order valence-corrected chi connectivity index (χ2v) is 8.04. The van der Waals surface area contributed by atoms with Crippen molar-refractivity contribution >= 4 is 29.1 Å². The Morgan fingerprint density at radius 3 is 2.24 bits per heavy atom. The van der Waals surface area contributed by atoms with E-state index in [2.05, 4.69) is 5.10 Å². The molecule has 154 valence electrons. The van der Waals surface area contributed by atoms with Crippen molar-refractivity contribution in [3.05, 3.63) is 30.3 Å². The van der Waals surface area contributed by atoms with Crippen LogP contribution in [0.4, 0.5) is 5.69 Å².